The molecule has 5 heteroatoms. The number of nitrogens with two attached hydrogens (primary N) is 1. The number of fused-ring (bicyclic) bond motifs is 1. The fourth-order valence-electron chi connectivity index (χ4n) is 1.62. The standard InChI is InChI=1S/C12H8IN3S/c13-8-3-1-2-7(6-8)12-16-10-9(17-12)4-5-15-11(10)14/h1-6H,(H2,14,15). The third-order valence-electron chi connectivity index (χ3n) is 2.41. The van der Waals surface area contributed by atoms with Crippen molar-refractivity contribution in [1.82, 2.24) is 9.97 Å². The Hall–Kier alpha value is -1.21. The number of anilines is 1. The molecule has 0 saturated carbocycles. The average Bonchev–Trinajstić information content (AvgIpc) is 2.74. The predicted octanol–water partition coefficient (Wildman–Crippen LogP) is 3.55. The lowest BCUT2D eigenvalue weighted by Crippen LogP contribution is -1.89. The maximum atomic E-state index is 5.81. The van der Waals surface area contributed by atoms with Crippen molar-refractivity contribution in [2.45, 2.75) is 0 Å². The normalized spacial score (nSPS) is 10.9. The molecule has 0 fully saturated rings. The highest BCUT2D eigenvalue weighted by atomic mass is 127. The Bertz CT molecular complexity index is 693. The van der Waals surface area contributed by atoms with Gasteiger partial charge in [-0.15, -0.1) is 11.3 Å². The first kappa shape index (κ1) is 10.9. The van der Waals surface area contributed by atoms with E-state index in [1.807, 2.05) is 12.1 Å². The van der Waals surface area contributed by atoms with Crippen LogP contribution in [-0.2, 0) is 0 Å². The van der Waals surface area contributed by atoms with E-state index in [1.165, 1.54) is 3.57 Å². The summed E-state index contributed by atoms with van der Waals surface area (Å²) in [5, 5.41) is 0.984. The quantitative estimate of drug-likeness (QED) is 0.681. The Kier molecular flexibility index (Phi) is 2.71. The third kappa shape index (κ3) is 2.00. The van der Waals surface area contributed by atoms with E-state index in [2.05, 4.69) is 50.8 Å². The van der Waals surface area contributed by atoms with Gasteiger partial charge in [0.25, 0.3) is 0 Å². The van der Waals surface area contributed by atoms with Crippen molar-refractivity contribution in [3.8, 4) is 10.6 Å². The molecule has 3 nitrogen and oxygen atoms in total. The zero-order valence-corrected chi connectivity index (χ0v) is 11.7. The van der Waals surface area contributed by atoms with Crippen LogP contribution in [0, 0.1) is 3.57 Å². The fraction of sp³-hybridized carbons (Fsp3) is 0. The lowest BCUT2D eigenvalue weighted by atomic mass is 10.2. The van der Waals surface area contributed by atoms with Gasteiger partial charge in [-0.05, 0) is 40.8 Å². The van der Waals surface area contributed by atoms with Gasteiger partial charge in [-0.1, -0.05) is 12.1 Å². The summed E-state index contributed by atoms with van der Waals surface area (Å²) in [5.74, 6) is 0.496. The molecular formula is C12H8IN3S. The molecule has 0 unspecified atom stereocenters. The number of thiazole rings is 1. The molecule has 3 rings (SSSR count). The van der Waals surface area contributed by atoms with Gasteiger partial charge in [0.15, 0.2) is 5.82 Å². The van der Waals surface area contributed by atoms with E-state index in [1.54, 1.807) is 17.5 Å². The van der Waals surface area contributed by atoms with E-state index >= 15 is 0 Å². The minimum absolute atomic E-state index is 0.496. The van der Waals surface area contributed by atoms with Crippen molar-refractivity contribution < 1.29 is 0 Å². The van der Waals surface area contributed by atoms with Gasteiger partial charge in [-0.2, -0.15) is 0 Å². The first-order valence-corrected chi connectivity index (χ1v) is 6.90. The van der Waals surface area contributed by atoms with Gasteiger partial charge >= 0.3 is 0 Å². The smallest absolute Gasteiger partial charge is 0.150 e. The molecule has 1 aromatic carbocycles. The molecule has 0 aliphatic carbocycles. The monoisotopic (exact) mass is 353 g/mol. The molecule has 3 aromatic rings. The number of nitrogens with zero attached hydrogens (tertiary/aromatic N) is 2. The van der Waals surface area contributed by atoms with Crippen LogP contribution in [0.5, 0.6) is 0 Å². The number of pyridine rings is 1. The van der Waals surface area contributed by atoms with E-state index in [9.17, 15) is 0 Å². The molecule has 2 N–H and O–H groups in total. The largest absolute Gasteiger partial charge is 0.382 e. The number of aromatic nitrogens is 2. The van der Waals surface area contributed by atoms with Crippen molar-refractivity contribution in [3.05, 3.63) is 40.1 Å². The van der Waals surface area contributed by atoms with Crippen LogP contribution in [0.2, 0.25) is 0 Å². The molecule has 0 saturated heterocycles. The third-order valence-corrected chi connectivity index (χ3v) is 4.15. The van der Waals surface area contributed by atoms with Crippen LogP contribution in [0.1, 0.15) is 0 Å². The molecule has 0 spiro atoms. The minimum Gasteiger partial charge on any atom is -0.382 e. The maximum absolute atomic E-state index is 5.81. The number of nitrogen functional groups attached to an aromatic ring is 1. The van der Waals surface area contributed by atoms with Crippen molar-refractivity contribution in [2.24, 2.45) is 0 Å². The van der Waals surface area contributed by atoms with Crippen LogP contribution >= 0.6 is 33.9 Å². The van der Waals surface area contributed by atoms with Crippen LogP contribution in [0.15, 0.2) is 36.5 Å². The zero-order valence-electron chi connectivity index (χ0n) is 8.72. The lowest BCUT2D eigenvalue weighted by Gasteiger charge is -1.95. The number of benzene rings is 1. The summed E-state index contributed by atoms with van der Waals surface area (Å²) in [7, 11) is 0. The van der Waals surface area contributed by atoms with Crippen molar-refractivity contribution >= 4 is 50.0 Å². The predicted molar refractivity (Wildman–Crippen MR) is 80.0 cm³/mol. The second kappa shape index (κ2) is 4.23. The number of halogens is 1. The summed E-state index contributed by atoms with van der Waals surface area (Å²) in [6.07, 6.45) is 1.72. The highest BCUT2D eigenvalue weighted by Gasteiger charge is 2.08. The molecule has 0 atom stereocenters. The molecule has 2 heterocycles. The Labute approximate surface area is 116 Å². The van der Waals surface area contributed by atoms with Crippen molar-refractivity contribution in [3.63, 3.8) is 0 Å². The fourth-order valence-corrected chi connectivity index (χ4v) is 3.13. The maximum Gasteiger partial charge on any atom is 0.150 e. The van der Waals surface area contributed by atoms with Crippen LogP contribution in [-0.4, -0.2) is 9.97 Å². The Morgan fingerprint density at radius 2 is 2.12 bits per heavy atom. The molecule has 0 bridgehead atoms. The van der Waals surface area contributed by atoms with E-state index in [0.717, 1.165) is 20.8 Å². The van der Waals surface area contributed by atoms with Gasteiger partial charge in [0, 0.05) is 15.3 Å². The molecule has 0 amide bonds. The van der Waals surface area contributed by atoms with Crippen LogP contribution in [0.4, 0.5) is 5.82 Å². The van der Waals surface area contributed by atoms with E-state index in [-0.39, 0.29) is 0 Å². The second-order valence-electron chi connectivity index (χ2n) is 3.57. The van der Waals surface area contributed by atoms with Crippen LogP contribution in [0.3, 0.4) is 0 Å². The molecule has 0 aliphatic rings. The molecule has 84 valence electrons. The van der Waals surface area contributed by atoms with Gasteiger partial charge < -0.3 is 5.73 Å². The average molecular weight is 353 g/mol. The van der Waals surface area contributed by atoms with E-state index in [4.69, 9.17) is 5.73 Å². The summed E-state index contributed by atoms with van der Waals surface area (Å²) < 4.78 is 2.27. The summed E-state index contributed by atoms with van der Waals surface area (Å²) in [4.78, 5) is 8.60. The number of hydrogen-bond donors (Lipinski definition) is 1. The Morgan fingerprint density at radius 1 is 1.24 bits per heavy atom. The molecule has 17 heavy (non-hydrogen) atoms. The topological polar surface area (TPSA) is 51.8 Å². The first-order valence-electron chi connectivity index (χ1n) is 5.01. The summed E-state index contributed by atoms with van der Waals surface area (Å²) >= 11 is 3.94. The van der Waals surface area contributed by atoms with Gasteiger partial charge in [-0.25, -0.2) is 9.97 Å². The van der Waals surface area contributed by atoms with E-state index < -0.39 is 0 Å². The highest BCUT2D eigenvalue weighted by molar-refractivity contribution is 14.1. The molecule has 0 aliphatic heterocycles. The van der Waals surface area contributed by atoms with Gasteiger partial charge in [0.2, 0.25) is 0 Å². The summed E-state index contributed by atoms with van der Waals surface area (Å²) in [5.41, 5.74) is 7.73. The van der Waals surface area contributed by atoms with Gasteiger partial charge in [0.1, 0.15) is 10.5 Å². The zero-order chi connectivity index (χ0) is 11.8. The van der Waals surface area contributed by atoms with Crippen LogP contribution < -0.4 is 5.73 Å². The van der Waals surface area contributed by atoms with Crippen molar-refractivity contribution in [2.75, 3.05) is 5.73 Å². The van der Waals surface area contributed by atoms with Gasteiger partial charge in [-0.3, -0.25) is 0 Å². The summed E-state index contributed by atoms with van der Waals surface area (Å²) in [6, 6.07) is 10.2. The molecule has 2 aromatic heterocycles. The number of hydrogen-bond acceptors (Lipinski definition) is 4. The van der Waals surface area contributed by atoms with Crippen molar-refractivity contribution in [1.29, 1.82) is 0 Å². The lowest BCUT2D eigenvalue weighted by molar-refractivity contribution is 1.34. The van der Waals surface area contributed by atoms with Crippen LogP contribution in [0.25, 0.3) is 20.8 Å². The Morgan fingerprint density at radius 3 is 2.88 bits per heavy atom. The Balaban J connectivity index is 2.22. The molecular weight excluding hydrogens is 345 g/mol. The minimum atomic E-state index is 0.496. The highest BCUT2D eigenvalue weighted by Crippen LogP contribution is 2.32. The van der Waals surface area contributed by atoms with E-state index in [0.29, 0.717) is 5.82 Å². The second-order valence-corrected chi connectivity index (χ2v) is 5.85. The SMILES string of the molecule is Nc1nccc2sc(-c3cccc(I)c3)nc12. The summed E-state index contributed by atoms with van der Waals surface area (Å²) in [6.45, 7) is 0. The molecule has 0 radical (unpaired) electrons. The number of rotatable bonds is 1. The first-order chi connectivity index (χ1) is 8.24. The van der Waals surface area contributed by atoms with Gasteiger partial charge in [0.05, 0.1) is 4.70 Å².